The van der Waals surface area contributed by atoms with Crippen LogP contribution in [-0.2, 0) is 5.41 Å². The molecule has 0 amide bonds. The maximum atomic E-state index is 5.82. The van der Waals surface area contributed by atoms with Crippen LogP contribution in [0.2, 0.25) is 0 Å². The number of H-pyrrole nitrogens is 1. The molecule has 4 aliphatic carbocycles. The molecule has 0 radical (unpaired) electrons. The summed E-state index contributed by atoms with van der Waals surface area (Å²) in [5.74, 6) is 1.57. The molecule has 3 nitrogen and oxygen atoms in total. The lowest BCUT2D eigenvalue weighted by Crippen LogP contribution is -2.57. The summed E-state index contributed by atoms with van der Waals surface area (Å²) in [6.45, 7) is 5.01. The van der Waals surface area contributed by atoms with Crippen molar-refractivity contribution in [1.29, 1.82) is 0 Å². The van der Waals surface area contributed by atoms with E-state index in [9.17, 15) is 0 Å². The second-order valence-corrected chi connectivity index (χ2v) is 8.12. The van der Waals surface area contributed by atoms with Crippen LogP contribution in [0.15, 0.2) is 6.07 Å². The van der Waals surface area contributed by atoms with E-state index in [2.05, 4.69) is 30.1 Å². The summed E-state index contributed by atoms with van der Waals surface area (Å²) in [5.41, 5.74) is 8.57. The smallest absolute Gasteiger partial charge is 0.145 e. The lowest BCUT2D eigenvalue weighted by molar-refractivity contribution is -0.111. The number of hydrogen-bond acceptors (Lipinski definition) is 2. The van der Waals surface area contributed by atoms with Crippen molar-refractivity contribution in [2.24, 2.45) is 16.7 Å². The molecule has 1 aromatic heterocycles. The largest absolute Gasteiger partial charge is 0.382 e. The van der Waals surface area contributed by atoms with Crippen molar-refractivity contribution in [2.45, 2.75) is 57.8 Å². The van der Waals surface area contributed by atoms with Crippen molar-refractivity contribution in [3.05, 3.63) is 11.8 Å². The highest BCUT2D eigenvalue weighted by Gasteiger charge is 2.60. The van der Waals surface area contributed by atoms with Crippen molar-refractivity contribution in [1.82, 2.24) is 10.2 Å². The van der Waals surface area contributed by atoms with E-state index < -0.39 is 0 Å². The van der Waals surface area contributed by atoms with Gasteiger partial charge in [0.1, 0.15) is 5.82 Å². The average Bonchev–Trinajstić information content (AvgIpc) is 2.59. The van der Waals surface area contributed by atoms with E-state index >= 15 is 0 Å². The van der Waals surface area contributed by atoms with Gasteiger partial charge in [0, 0.05) is 17.2 Å². The van der Waals surface area contributed by atoms with Gasteiger partial charge in [-0.2, -0.15) is 5.10 Å². The van der Waals surface area contributed by atoms with Crippen molar-refractivity contribution in [3.8, 4) is 0 Å². The summed E-state index contributed by atoms with van der Waals surface area (Å²) >= 11 is 0. The highest BCUT2D eigenvalue weighted by Crippen LogP contribution is 2.69. The third-order valence-electron chi connectivity index (χ3n) is 5.80. The quantitative estimate of drug-likeness (QED) is 0.798. The molecule has 4 fully saturated rings. The number of hydrogen-bond donors (Lipinski definition) is 2. The molecule has 1 aromatic rings. The van der Waals surface area contributed by atoms with E-state index in [-0.39, 0.29) is 0 Å². The first-order valence-corrected chi connectivity index (χ1v) is 7.22. The molecular formula is C15H23N3. The van der Waals surface area contributed by atoms with E-state index in [1.165, 1.54) is 44.2 Å². The Kier molecular flexibility index (Phi) is 1.78. The van der Waals surface area contributed by atoms with Crippen molar-refractivity contribution >= 4 is 5.82 Å². The molecule has 4 aliphatic rings. The van der Waals surface area contributed by atoms with E-state index in [1.807, 2.05) is 0 Å². The molecule has 2 unspecified atom stereocenters. The third-order valence-corrected chi connectivity index (χ3v) is 5.80. The second kappa shape index (κ2) is 2.94. The Hall–Kier alpha value is -0.990. The molecule has 4 bridgehead atoms. The molecule has 0 aromatic carbocycles. The van der Waals surface area contributed by atoms with Crippen LogP contribution < -0.4 is 5.73 Å². The fourth-order valence-corrected chi connectivity index (χ4v) is 6.36. The number of nitrogens with one attached hydrogen (secondary N) is 1. The van der Waals surface area contributed by atoms with Gasteiger partial charge in [0.15, 0.2) is 0 Å². The number of aromatic amines is 1. The first kappa shape index (κ1) is 10.9. The highest BCUT2D eigenvalue weighted by molar-refractivity contribution is 5.35. The van der Waals surface area contributed by atoms with Gasteiger partial charge in [-0.15, -0.1) is 0 Å². The minimum Gasteiger partial charge on any atom is -0.382 e. The molecule has 0 aliphatic heterocycles. The molecular weight excluding hydrogens is 222 g/mol. The maximum absolute atomic E-state index is 5.82. The lowest BCUT2D eigenvalue weighted by Gasteiger charge is -2.65. The Balaban J connectivity index is 1.82. The summed E-state index contributed by atoms with van der Waals surface area (Å²) in [6, 6.07) is 2.08. The van der Waals surface area contributed by atoms with Gasteiger partial charge in [-0.1, -0.05) is 13.8 Å². The van der Waals surface area contributed by atoms with Crippen molar-refractivity contribution in [2.75, 3.05) is 5.73 Å². The van der Waals surface area contributed by atoms with E-state index in [4.69, 9.17) is 5.73 Å². The van der Waals surface area contributed by atoms with Crippen LogP contribution in [0.5, 0.6) is 0 Å². The van der Waals surface area contributed by atoms with Crippen LogP contribution in [-0.4, -0.2) is 10.2 Å². The Bertz CT molecular complexity index is 486. The van der Waals surface area contributed by atoms with Gasteiger partial charge < -0.3 is 5.73 Å². The molecule has 1 heterocycles. The average molecular weight is 245 g/mol. The fourth-order valence-electron chi connectivity index (χ4n) is 6.36. The number of aromatic nitrogens is 2. The number of nitrogens with two attached hydrogens (primary N) is 1. The fraction of sp³-hybridized carbons (Fsp3) is 0.800. The van der Waals surface area contributed by atoms with Crippen molar-refractivity contribution < 1.29 is 0 Å². The normalized spacial score (nSPS) is 49.8. The number of nitrogens with zero attached hydrogens (tertiary/aromatic N) is 1. The van der Waals surface area contributed by atoms with Gasteiger partial charge in [-0.25, -0.2) is 0 Å². The van der Waals surface area contributed by atoms with Gasteiger partial charge >= 0.3 is 0 Å². The predicted octanol–water partition coefficient (Wildman–Crippen LogP) is 3.24. The van der Waals surface area contributed by atoms with Crippen LogP contribution in [0.25, 0.3) is 0 Å². The Morgan fingerprint density at radius 2 is 1.83 bits per heavy atom. The SMILES string of the molecule is CC12CC3CC(C)(C1)CC(c1cc(N)n[nH]1)(C3)C2. The molecule has 3 heteroatoms. The van der Waals surface area contributed by atoms with Crippen LogP contribution in [0.3, 0.4) is 0 Å². The Morgan fingerprint density at radius 3 is 2.33 bits per heavy atom. The van der Waals surface area contributed by atoms with Crippen LogP contribution >= 0.6 is 0 Å². The minimum absolute atomic E-state index is 0.341. The van der Waals surface area contributed by atoms with E-state index in [1.54, 1.807) is 0 Å². The van der Waals surface area contributed by atoms with E-state index in [0.29, 0.717) is 22.1 Å². The summed E-state index contributed by atoms with van der Waals surface area (Å²) in [6.07, 6.45) is 8.30. The number of anilines is 1. The third kappa shape index (κ3) is 1.33. The zero-order valence-corrected chi connectivity index (χ0v) is 11.4. The molecule has 2 atom stereocenters. The van der Waals surface area contributed by atoms with Gasteiger partial charge in [-0.3, -0.25) is 5.10 Å². The van der Waals surface area contributed by atoms with Gasteiger partial charge in [0.05, 0.1) is 0 Å². The van der Waals surface area contributed by atoms with Gasteiger partial charge in [0.25, 0.3) is 0 Å². The van der Waals surface area contributed by atoms with E-state index in [0.717, 1.165) is 5.92 Å². The number of rotatable bonds is 1. The van der Waals surface area contributed by atoms with Crippen LogP contribution in [0.1, 0.15) is 58.1 Å². The standard InChI is InChI=1S/C15H23N3/c1-13-4-10-5-14(2,7-13)9-15(6-10,8-13)11-3-12(16)18-17-11/h3,10H,4-9H2,1-2H3,(H3,16,17,18). The lowest BCUT2D eigenvalue weighted by atomic mass is 9.40. The molecule has 98 valence electrons. The second-order valence-electron chi connectivity index (χ2n) is 8.12. The van der Waals surface area contributed by atoms with Crippen LogP contribution in [0.4, 0.5) is 5.82 Å². The topological polar surface area (TPSA) is 54.7 Å². The van der Waals surface area contributed by atoms with Crippen LogP contribution in [0, 0.1) is 16.7 Å². The first-order valence-electron chi connectivity index (χ1n) is 7.22. The molecule has 18 heavy (non-hydrogen) atoms. The summed E-state index contributed by atoms with van der Waals surface area (Å²) in [5, 5.41) is 7.39. The molecule has 0 spiro atoms. The molecule has 3 N–H and O–H groups in total. The minimum atomic E-state index is 0.341. The monoisotopic (exact) mass is 245 g/mol. The van der Waals surface area contributed by atoms with Crippen molar-refractivity contribution in [3.63, 3.8) is 0 Å². The Morgan fingerprint density at radius 1 is 1.17 bits per heavy atom. The van der Waals surface area contributed by atoms with Gasteiger partial charge in [-0.05, 0) is 55.3 Å². The molecule has 4 saturated carbocycles. The number of nitrogen functional groups attached to an aromatic ring is 1. The Labute approximate surface area is 109 Å². The zero-order chi connectivity index (χ0) is 12.6. The summed E-state index contributed by atoms with van der Waals surface area (Å²) in [7, 11) is 0. The molecule has 5 rings (SSSR count). The zero-order valence-electron chi connectivity index (χ0n) is 11.4. The summed E-state index contributed by atoms with van der Waals surface area (Å²) in [4.78, 5) is 0. The maximum Gasteiger partial charge on any atom is 0.145 e. The first-order chi connectivity index (χ1) is 8.41. The molecule has 0 saturated heterocycles. The summed E-state index contributed by atoms with van der Waals surface area (Å²) < 4.78 is 0. The highest BCUT2D eigenvalue weighted by atomic mass is 15.2. The van der Waals surface area contributed by atoms with Gasteiger partial charge in [0.2, 0.25) is 0 Å². The predicted molar refractivity (Wildman–Crippen MR) is 72.1 cm³/mol.